The van der Waals surface area contributed by atoms with Gasteiger partial charge in [-0.05, 0) is 5.92 Å². The zero-order chi connectivity index (χ0) is 24.3. The second kappa shape index (κ2) is 13.1. The van der Waals surface area contributed by atoms with Crippen LogP contribution in [0.3, 0.4) is 0 Å². The summed E-state index contributed by atoms with van der Waals surface area (Å²) in [6.07, 6.45) is -1.49. The Kier molecular flexibility index (Phi) is 11.7. The molecule has 0 radical (unpaired) electrons. The number of carbonyl (C=O) groups is 6. The van der Waals surface area contributed by atoms with Gasteiger partial charge in [0, 0.05) is 0 Å². The summed E-state index contributed by atoms with van der Waals surface area (Å²) in [5.74, 6) is -8.25. The highest BCUT2D eigenvalue weighted by Crippen LogP contribution is 2.09. The molecule has 5 unspecified atom stereocenters. The van der Waals surface area contributed by atoms with Crippen LogP contribution in [0.5, 0.6) is 0 Å². The van der Waals surface area contributed by atoms with Crippen LogP contribution in [0, 0.1) is 5.92 Å². The van der Waals surface area contributed by atoms with Crippen molar-refractivity contribution in [3.8, 4) is 0 Å². The van der Waals surface area contributed by atoms with Crippen molar-refractivity contribution in [2.75, 3.05) is 6.61 Å². The van der Waals surface area contributed by atoms with E-state index in [4.69, 9.17) is 21.1 Å². The maximum atomic E-state index is 12.5. The van der Waals surface area contributed by atoms with Gasteiger partial charge in [-0.2, -0.15) is 0 Å². The molecule has 5 atom stereocenters. The predicted octanol–water partition coefficient (Wildman–Crippen LogP) is -3.16. The molecule has 176 valence electrons. The van der Waals surface area contributed by atoms with Gasteiger partial charge in [-0.25, -0.2) is 4.79 Å². The van der Waals surface area contributed by atoms with E-state index in [1.54, 1.807) is 13.8 Å². The van der Waals surface area contributed by atoms with Gasteiger partial charge in [-0.3, -0.25) is 24.0 Å². The van der Waals surface area contributed by atoms with Crippen molar-refractivity contribution < 1.29 is 49.2 Å². The lowest BCUT2D eigenvalue weighted by Crippen LogP contribution is -2.58. The second-order valence-electron chi connectivity index (χ2n) is 6.82. The fourth-order valence-corrected chi connectivity index (χ4v) is 2.34. The molecule has 31 heavy (non-hydrogen) atoms. The summed E-state index contributed by atoms with van der Waals surface area (Å²) in [6.45, 7) is 2.44. The maximum Gasteiger partial charge on any atom is 0.326 e. The summed E-state index contributed by atoms with van der Waals surface area (Å²) in [6, 6.07) is -6.30. The molecule has 0 rings (SSSR count). The average molecular weight is 448 g/mol. The van der Waals surface area contributed by atoms with Gasteiger partial charge in [0.2, 0.25) is 17.7 Å². The molecule has 0 aromatic rings. The Morgan fingerprint density at radius 3 is 1.58 bits per heavy atom. The Labute approximate surface area is 177 Å². The molecule has 0 aliphatic carbocycles. The summed E-state index contributed by atoms with van der Waals surface area (Å²) < 4.78 is 0. The van der Waals surface area contributed by atoms with Crippen LogP contribution in [0.25, 0.3) is 0 Å². The molecule has 3 amide bonds. The van der Waals surface area contributed by atoms with E-state index in [1.807, 2.05) is 10.6 Å². The molecule has 14 heteroatoms. The van der Waals surface area contributed by atoms with Crippen molar-refractivity contribution >= 4 is 35.6 Å². The topological polar surface area (TPSA) is 245 Å². The third-order valence-electron chi connectivity index (χ3n) is 4.33. The number of nitrogens with one attached hydrogen (secondary N) is 3. The first-order chi connectivity index (χ1) is 14.3. The molecule has 0 aromatic carbocycles. The highest BCUT2D eigenvalue weighted by atomic mass is 16.4. The number of rotatable bonds is 14. The molecule has 0 bridgehead atoms. The van der Waals surface area contributed by atoms with Crippen molar-refractivity contribution in [3.63, 3.8) is 0 Å². The maximum absolute atomic E-state index is 12.5. The number of carboxylic acids is 3. The molecule has 0 aliphatic rings. The second-order valence-corrected chi connectivity index (χ2v) is 6.82. The Morgan fingerprint density at radius 1 is 0.806 bits per heavy atom. The Hall–Kier alpha value is -3.26. The van der Waals surface area contributed by atoms with E-state index in [-0.39, 0.29) is 0 Å². The van der Waals surface area contributed by atoms with Crippen LogP contribution < -0.4 is 21.7 Å². The lowest BCUT2D eigenvalue weighted by Gasteiger charge is -2.25. The van der Waals surface area contributed by atoms with Crippen molar-refractivity contribution in [3.05, 3.63) is 0 Å². The standard InChI is InChI=1S/C17H28N4O10/c1-3-7(2)13(17(30)31)21-16(29)10(5-12(25)26)20-15(28)9(4-11(23)24)19-14(27)8(18)6-22/h7-10,13,22H,3-6,18H2,1-2H3,(H,19,27)(H,20,28)(H,21,29)(H,23,24)(H,25,26)(H,30,31). The number of hydrogen-bond donors (Lipinski definition) is 8. The van der Waals surface area contributed by atoms with Gasteiger partial charge in [0.05, 0.1) is 19.4 Å². The molecule has 0 aliphatic heterocycles. The Balaban J connectivity index is 5.56. The number of aliphatic hydroxyl groups excluding tert-OH is 1. The summed E-state index contributed by atoms with van der Waals surface area (Å²) in [5.41, 5.74) is 5.30. The van der Waals surface area contributed by atoms with Gasteiger partial charge >= 0.3 is 17.9 Å². The summed E-state index contributed by atoms with van der Waals surface area (Å²) in [5, 5.41) is 42.3. The van der Waals surface area contributed by atoms with E-state index in [1.165, 1.54) is 0 Å². The summed E-state index contributed by atoms with van der Waals surface area (Å²) >= 11 is 0. The van der Waals surface area contributed by atoms with Crippen LogP contribution in [-0.4, -0.2) is 86.8 Å². The molecule has 0 saturated heterocycles. The van der Waals surface area contributed by atoms with Gasteiger partial charge in [0.25, 0.3) is 0 Å². The number of amides is 3. The van der Waals surface area contributed by atoms with E-state index >= 15 is 0 Å². The normalized spacial score (nSPS) is 15.5. The van der Waals surface area contributed by atoms with Crippen molar-refractivity contribution in [2.24, 2.45) is 11.7 Å². The zero-order valence-electron chi connectivity index (χ0n) is 17.0. The third kappa shape index (κ3) is 9.86. The fraction of sp³-hybridized carbons (Fsp3) is 0.647. The van der Waals surface area contributed by atoms with Crippen LogP contribution in [0.1, 0.15) is 33.1 Å². The average Bonchev–Trinajstić information content (AvgIpc) is 2.68. The molecule has 0 aromatic heterocycles. The fourth-order valence-electron chi connectivity index (χ4n) is 2.34. The first-order valence-electron chi connectivity index (χ1n) is 9.27. The predicted molar refractivity (Wildman–Crippen MR) is 102 cm³/mol. The summed E-state index contributed by atoms with van der Waals surface area (Å²) in [4.78, 5) is 70.2. The quantitative estimate of drug-likeness (QED) is 0.132. The van der Waals surface area contributed by atoms with Crippen LogP contribution >= 0.6 is 0 Å². The number of aliphatic hydroxyl groups is 1. The Bertz CT molecular complexity index is 698. The smallest absolute Gasteiger partial charge is 0.326 e. The van der Waals surface area contributed by atoms with Crippen molar-refractivity contribution in [1.82, 2.24) is 16.0 Å². The van der Waals surface area contributed by atoms with Gasteiger partial charge in [-0.1, -0.05) is 20.3 Å². The van der Waals surface area contributed by atoms with Crippen LogP contribution in [-0.2, 0) is 28.8 Å². The van der Waals surface area contributed by atoms with E-state index in [9.17, 15) is 33.9 Å². The molecule has 9 N–H and O–H groups in total. The largest absolute Gasteiger partial charge is 0.481 e. The molecule has 0 fully saturated rings. The van der Waals surface area contributed by atoms with Crippen LogP contribution in [0.15, 0.2) is 0 Å². The minimum Gasteiger partial charge on any atom is -0.481 e. The van der Waals surface area contributed by atoms with Gasteiger partial charge in [0.15, 0.2) is 0 Å². The highest BCUT2D eigenvalue weighted by Gasteiger charge is 2.33. The molecule has 0 saturated carbocycles. The molecule has 0 spiro atoms. The monoisotopic (exact) mass is 448 g/mol. The minimum absolute atomic E-state index is 0.380. The lowest BCUT2D eigenvalue weighted by atomic mass is 9.98. The first kappa shape index (κ1) is 27.7. The SMILES string of the molecule is CCC(C)C(NC(=O)C(CC(=O)O)NC(=O)C(CC(=O)O)NC(=O)C(N)CO)C(=O)O. The van der Waals surface area contributed by atoms with Gasteiger partial charge in [-0.15, -0.1) is 0 Å². The van der Waals surface area contributed by atoms with E-state index in [0.717, 1.165) is 0 Å². The van der Waals surface area contributed by atoms with E-state index in [0.29, 0.717) is 6.42 Å². The van der Waals surface area contributed by atoms with Crippen molar-refractivity contribution in [2.45, 2.75) is 57.3 Å². The number of hydrogen-bond acceptors (Lipinski definition) is 8. The van der Waals surface area contributed by atoms with Crippen LogP contribution in [0.2, 0.25) is 0 Å². The van der Waals surface area contributed by atoms with E-state index in [2.05, 4.69) is 5.32 Å². The van der Waals surface area contributed by atoms with Crippen molar-refractivity contribution in [1.29, 1.82) is 0 Å². The number of nitrogens with two attached hydrogens (primary N) is 1. The lowest BCUT2D eigenvalue weighted by molar-refractivity contribution is -0.145. The minimum atomic E-state index is -1.75. The first-order valence-corrected chi connectivity index (χ1v) is 9.27. The highest BCUT2D eigenvalue weighted by molar-refractivity contribution is 5.96. The molecular weight excluding hydrogens is 420 g/mol. The number of aliphatic carboxylic acids is 3. The molecule has 14 nitrogen and oxygen atoms in total. The molecular formula is C17H28N4O10. The van der Waals surface area contributed by atoms with E-state index < -0.39 is 85.2 Å². The van der Waals surface area contributed by atoms with Gasteiger partial charge in [0.1, 0.15) is 24.2 Å². The number of carboxylic acid groups (broad SMARTS) is 3. The summed E-state index contributed by atoms with van der Waals surface area (Å²) in [7, 11) is 0. The van der Waals surface area contributed by atoms with Crippen LogP contribution in [0.4, 0.5) is 0 Å². The molecule has 0 heterocycles. The third-order valence-corrected chi connectivity index (χ3v) is 4.33. The zero-order valence-corrected chi connectivity index (χ0v) is 17.0. The Morgan fingerprint density at radius 2 is 1.23 bits per heavy atom. The number of carbonyl (C=O) groups excluding carboxylic acids is 3. The van der Waals surface area contributed by atoms with Gasteiger partial charge < -0.3 is 42.1 Å².